The fourth-order valence-corrected chi connectivity index (χ4v) is 5.65. The van der Waals surface area contributed by atoms with Crippen LogP contribution in [-0.2, 0) is 10.0 Å². The van der Waals surface area contributed by atoms with E-state index in [4.69, 9.17) is 0 Å². The Hall–Kier alpha value is -2.23. The number of carbonyl (C=O) groups excluding carboxylic acids is 2. The largest absolute Gasteiger partial charge is 0.349 e. The van der Waals surface area contributed by atoms with Crippen LogP contribution in [0.15, 0.2) is 40.6 Å². The van der Waals surface area contributed by atoms with Crippen molar-refractivity contribution in [3.05, 3.63) is 46.8 Å². The third-order valence-corrected chi connectivity index (χ3v) is 8.29. The van der Waals surface area contributed by atoms with E-state index in [0.717, 1.165) is 25.7 Å². The number of nitrogens with zero attached hydrogens (tertiary/aromatic N) is 1. The highest BCUT2D eigenvalue weighted by Gasteiger charge is 2.28. The van der Waals surface area contributed by atoms with E-state index in [9.17, 15) is 18.0 Å². The number of thiophene rings is 1. The number of carbonyl (C=O) groups is 2. The summed E-state index contributed by atoms with van der Waals surface area (Å²) in [5.41, 5.74) is 0.780. The molecule has 1 saturated heterocycles. The average molecular weight is 448 g/mol. The van der Waals surface area contributed by atoms with Gasteiger partial charge in [-0.1, -0.05) is 6.92 Å². The molecule has 1 saturated carbocycles. The van der Waals surface area contributed by atoms with E-state index in [1.165, 1.54) is 39.9 Å². The van der Waals surface area contributed by atoms with Crippen molar-refractivity contribution in [2.75, 3.05) is 18.4 Å². The number of sulfonamides is 1. The molecule has 1 aliphatic heterocycles. The van der Waals surface area contributed by atoms with Crippen molar-refractivity contribution in [1.29, 1.82) is 0 Å². The summed E-state index contributed by atoms with van der Waals surface area (Å²) in [4.78, 5) is 25.1. The molecule has 2 N–H and O–H groups in total. The number of rotatable bonds is 6. The second kappa shape index (κ2) is 8.49. The highest BCUT2D eigenvalue weighted by Crippen LogP contribution is 2.27. The Kier molecular flexibility index (Phi) is 5.95. The van der Waals surface area contributed by atoms with Crippen molar-refractivity contribution < 1.29 is 18.0 Å². The number of amides is 2. The molecule has 9 heteroatoms. The lowest BCUT2D eigenvalue weighted by Crippen LogP contribution is -2.37. The molecule has 2 heterocycles. The number of hydrogen-bond donors (Lipinski definition) is 2. The van der Waals surface area contributed by atoms with Crippen molar-refractivity contribution in [2.24, 2.45) is 5.92 Å². The minimum atomic E-state index is -3.55. The fourth-order valence-electron chi connectivity index (χ4n) is 3.40. The number of nitrogens with one attached hydrogen (secondary N) is 2. The third-order valence-electron chi connectivity index (χ3n) is 5.55. The van der Waals surface area contributed by atoms with Gasteiger partial charge in [0.05, 0.1) is 10.5 Å². The van der Waals surface area contributed by atoms with Gasteiger partial charge in [-0.05, 0) is 67.3 Å². The van der Waals surface area contributed by atoms with Crippen molar-refractivity contribution in [2.45, 2.75) is 43.5 Å². The predicted octanol–water partition coefficient (Wildman–Crippen LogP) is 3.31. The highest BCUT2D eigenvalue weighted by atomic mass is 32.2. The summed E-state index contributed by atoms with van der Waals surface area (Å²) in [6.45, 7) is 3.18. The van der Waals surface area contributed by atoms with Crippen molar-refractivity contribution in [3.63, 3.8) is 0 Å². The summed E-state index contributed by atoms with van der Waals surface area (Å²) < 4.78 is 27.2. The van der Waals surface area contributed by atoms with E-state index in [2.05, 4.69) is 17.6 Å². The van der Waals surface area contributed by atoms with Crippen molar-refractivity contribution in [3.8, 4) is 0 Å². The summed E-state index contributed by atoms with van der Waals surface area (Å²) in [5, 5.41) is 7.92. The molecule has 4 rings (SSSR count). The zero-order chi connectivity index (χ0) is 21.3. The monoisotopic (exact) mass is 447 g/mol. The molecule has 0 spiro atoms. The van der Waals surface area contributed by atoms with Crippen LogP contribution in [0.2, 0.25) is 0 Å². The van der Waals surface area contributed by atoms with E-state index in [-0.39, 0.29) is 22.8 Å². The van der Waals surface area contributed by atoms with E-state index in [1.807, 2.05) is 0 Å². The fraction of sp³-hybridized carbons (Fsp3) is 0.429. The molecule has 7 nitrogen and oxygen atoms in total. The Labute approximate surface area is 180 Å². The van der Waals surface area contributed by atoms with Gasteiger partial charge in [0.1, 0.15) is 5.00 Å². The van der Waals surface area contributed by atoms with Gasteiger partial charge in [-0.3, -0.25) is 9.59 Å². The van der Waals surface area contributed by atoms with Crippen LogP contribution in [0.5, 0.6) is 0 Å². The van der Waals surface area contributed by atoms with Gasteiger partial charge in [-0.2, -0.15) is 4.31 Å². The number of benzene rings is 1. The van der Waals surface area contributed by atoms with Crippen molar-refractivity contribution in [1.82, 2.24) is 9.62 Å². The molecule has 1 aromatic carbocycles. The minimum absolute atomic E-state index is 0.189. The molecule has 160 valence electrons. The zero-order valence-corrected chi connectivity index (χ0v) is 18.4. The molecule has 2 aromatic rings. The Morgan fingerprint density at radius 3 is 2.30 bits per heavy atom. The first kappa shape index (κ1) is 21.0. The van der Waals surface area contributed by atoms with E-state index < -0.39 is 10.0 Å². The topological polar surface area (TPSA) is 95.6 Å². The summed E-state index contributed by atoms with van der Waals surface area (Å²) in [5.74, 6) is -0.0315. The maximum absolute atomic E-state index is 12.8. The molecule has 30 heavy (non-hydrogen) atoms. The van der Waals surface area contributed by atoms with Gasteiger partial charge in [0.25, 0.3) is 11.8 Å². The van der Waals surface area contributed by atoms with Crippen LogP contribution < -0.4 is 10.6 Å². The molecule has 0 bridgehead atoms. The summed E-state index contributed by atoms with van der Waals surface area (Å²) >= 11 is 1.28. The third kappa shape index (κ3) is 4.58. The molecular weight excluding hydrogens is 422 g/mol. The van der Waals surface area contributed by atoms with Gasteiger partial charge in [-0.15, -0.1) is 11.3 Å². The van der Waals surface area contributed by atoms with Crippen LogP contribution in [0, 0.1) is 5.92 Å². The van der Waals surface area contributed by atoms with Crippen LogP contribution >= 0.6 is 11.3 Å². The molecule has 0 radical (unpaired) electrons. The first-order valence-electron chi connectivity index (χ1n) is 10.1. The van der Waals surface area contributed by atoms with Gasteiger partial charge in [-0.25, -0.2) is 8.42 Å². The highest BCUT2D eigenvalue weighted by molar-refractivity contribution is 7.89. The van der Waals surface area contributed by atoms with Crippen molar-refractivity contribution >= 4 is 38.2 Å². The molecule has 0 unspecified atom stereocenters. The summed E-state index contributed by atoms with van der Waals surface area (Å²) in [6, 6.07) is 7.87. The maximum atomic E-state index is 12.8. The molecule has 2 amide bonds. The van der Waals surface area contributed by atoms with Crippen LogP contribution in [0.25, 0.3) is 0 Å². The standard InChI is InChI=1S/C21H25N3O4S2/c1-14-8-11-24(12-9-14)30(27,28)17-6-2-15(3-7-17)19(25)23-21-18(10-13-29-21)20(26)22-16-4-5-16/h2-3,6-7,10,13-14,16H,4-5,8-9,11-12H2,1H3,(H,22,26)(H,23,25). The average Bonchev–Trinajstić information content (AvgIpc) is 3.43. The van der Waals surface area contributed by atoms with E-state index >= 15 is 0 Å². The molecule has 0 atom stereocenters. The Balaban J connectivity index is 1.44. The lowest BCUT2D eigenvalue weighted by atomic mass is 10.0. The Bertz CT molecular complexity index is 1030. The smallest absolute Gasteiger partial charge is 0.256 e. The second-order valence-electron chi connectivity index (χ2n) is 7.98. The molecule has 2 fully saturated rings. The lowest BCUT2D eigenvalue weighted by molar-refractivity contribution is 0.0952. The number of hydrogen-bond acceptors (Lipinski definition) is 5. The summed E-state index contributed by atoms with van der Waals surface area (Å²) in [7, 11) is -3.55. The van der Waals surface area contributed by atoms with Crippen LogP contribution in [0.1, 0.15) is 53.3 Å². The predicted molar refractivity (Wildman–Crippen MR) is 116 cm³/mol. The van der Waals surface area contributed by atoms with Gasteiger partial charge in [0.2, 0.25) is 10.0 Å². The zero-order valence-electron chi connectivity index (χ0n) is 16.8. The normalized spacial score (nSPS) is 18.2. The molecular formula is C21H25N3O4S2. The van der Waals surface area contributed by atoms with Gasteiger partial charge in [0.15, 0.2) is 0 Å². The quantitative estimate of drug-likeness (QED) is 0.710. The molecule has 1 aliphatic carbocycles. The van der Waals surface area contributed by atoms with E-state index in [0.29, 0.717) is 35.1 Å². The first-order valence-corrected chi connectivity index (χ1v) is 12.5. The lowest BCUT2D eigenvalue weighted by Gasteiger charge is -2.29. The van der Waals surface area contributed by atoms with Gasteiger partial charge < -0.3 is 10.6 Å². The van der Waals surface area contributed by atoms with Gasteiger partial charge >= 0.3 is 0 Å². The number of piperidine rings is 1. The first-order chi connectivity index (χ1) is 14.3. The van der Waals surface area contributed by atoms with Gasteiger partial charge in [0, 0.05) is 24.7 Å². The van der Waals surface area contributed by atoms with Crippen LogP contribution in [0.4, 0.5) is 5.00 Å². The molecule has 2 aliphatic rings. The SMILES string of the molecule is CC1CCN(S(=O)(=O)c2ccc(C(=O)Nc3sccc3C(=O)NC3CC3)cc2)CC1. The maximum Gasteiger partial charge on any atom is 0.256 e. The Morgan fingerprint density at radius 1 is 1.00 bits per heavy atom. The van der Waals surface area contributed by atoms with E-state index in [1.54, 1.807) is 11.4 Å². The molecule has 1 aromatic heterocycles. The Morgan fingerprint density at radius 2 is 1.67 bits per heavy atom. The second-order valence-corrected chi connectivity index (χ2v) is 10.8. The van der Waals surface area contributed by atoms with Crippen LogP contribution in [0.3, 0.4) is 0 Å². The number of anilines is 1. The summed E-state index contributed by atoms with van der Waals surface area (Å²) in [6.07, 6.45) is 3.70. The minimum Gasteiger partial charge on any atom is -0.349 e. The van der Waals surface area contributed by atoms with Crippen LogP contribution in [-0.4, -0.2) is 43.7 Å².